The molecule has 1 aromatic carbocycles. The van der Waals surface area contributed by atoms with Gasteiger partial charge in [-0.15, -0.1) is 0 Å². The van der Waals surface area contributed by atoms with E-state index in [2.05, 4.69) is 16.3 Å². The number of hydrogen-bond acceptors (Lipinski definition) is 3. The molecular formula is C16H20ClN3. The second-order valence-corrected chi connectivity index (χ2v) is 6.32. The third-order valence-electron chi connectivity index (χ3n) is 4.31. The highest BCUT2D eigenvalue weighted by Crippen LogP contribution is 2.29. The summed E-state index contributed by atoms with van der Waals surface area (Å²) in [6, 6.07) is 8.49. The van der Waals surface area contributed by atoms with Gasteiger partial charge in [-0.25, -0.2) is 0 Å². The highest BCUT2D eigenvalue weighted by Gasteiger charge is 2.25. The lowest BCUT2D eigenvalue weighted by Crippen LogP contribution is -2.43. The van der Waals surface area contributed by atoms with Crippen LogP contribution < -0.4 is 10.2 Å². The van der Waals surface area contributed by atoms with Crippen LogP contribution in [0.2, 0.25) is 5.02 Å². The third kappa shape index (κ3) is 3.26. The van der Waals surface area contributed by atoms with E-state index in [0.717, 1.165) is 37.5 Å². The highest BCUT2D eigenvalue weighted by atomic mass is 35.5. The van der Waals surface area contributed by atoms with Crippen molar-refractivity contribution in [2.45, 2.75) is 31.7 Å². The van der Waals surface area contributed by atoms with Gasteiger partial charge in [-0.1, -0.05) is 11.6 Å². The molecular weight excluding hydrogens is 270 g/mol. The average molecular weight is 290 g/mol. The van der Waals surface area contributed by atoms with E-state index in [9.17, 15) is 5.26 Å². The predicted molar refractivity (Wildman–Crippen MR) is 82.1 cm³/mol. The third-order valence-corrected chi connectivity index (χ3v) is 4.54. The number of piperidine rings is 1. The first-order chi connectivity index (χ1) is 9.76. The Hall–Kier alpha value is -1.24. The monoisotopic (exact) mass is 289 g/mol. The van der Waals surface area contributed by atoms with E-state index in [0.29, 0.717) is 16.6 Å². The zero-order chi connectivity index (χ0) is 13.9. The minimum atomic E-state index is 0.631. The van der Waals surface area contributed by atoms with Crippen LogP contribution in [0.1, 0.15) is 31.2 Å². The molecule has 0 aromatic heterocycles. The van der Waals surface area contributed by atoms with Gasteiger partial charge in [-0.05, 0) is 56.3 Å². The summed E-state index contributed by atoms with van der Waals surface area (Å²) in [4.78, 5) is 2.31. The van der Waals surface area contributed by atoms with Crippen molar-refractivity contribution in [3.8, 4) is 6.07 Å². The molecule has 4 heteroatoms. The number of nitriles is 1. The summed E-state index contributed by atoms with van der Waals surface area (Å²) in [6.45, 7) is 3.21. The standard InChI is InChI=1S/C16H20ClN3/c17-14-3-4-16(13(9-14)10-18)20-7-5-15(6-8-20)19-11-12-1-2-12/h3-4,9,12,15,19H,1-2,5-8,11H2. The zero-order valence-electron chi connectivity index (χ0n) is 11.6. The van der Waals surface area contributed by atoms with Gasteiger partial charge in [-0.2, -0.15) is 5.26 Å². The molecule has 2 fully saturated rings. The molecule has 1 N–H and O–H groups in total. The molecule has 1 saturated heterocycles. The maximum atomic E-state index is 9.23. The van der Waals surface area contributed by atoms with Gasteiger partial charge in [0, 0.05) is 24.2 Å². The molecule has 106 valence electrons. The predicted octanol–water partition coefficient (Wildman–Crippen LogP) is 3.18. The largest absolute Gasteiger partial charge is 0.370 e. The molecule has 0 unspecified atom stereocenters. The maximum Gasteiger partial charge on any atom is 0.101 e. The Morgan fingerprint density at radius 2 is 2.00 bits per heavy atom. The second kappa shape index (κ2) is 6.03. The summed E-state index contributed by atoms with van der Waals surface area (Å²) >= 11 is 5.95. The molecule has 3 nitrogen and oxygen atoms in total. The molecule has 1 saturated carbocycles. The second-order valence-electron chi connectivity index (χ2n) is 5.89. The lowest BCUT2D eigenvalue weighted by Gasteiger charge is -2.34. The van der Waals surface area contributed by atoms with Crippen LogP contribution in [0.5, 0.6) is 0 Å². The van der Waals surface area contributed by atoms with Gasteiger partial charge < -0.3 is 10.2 Å². The van der Waals surface area contributed by atoms with Gasteiger partial charge >= 0.3 is 0 Å². The van der Waals surface area contributed by atoms with Crippen LogP contribution >= 0.6 is 11.6 Å². The summed E-state index contributed by atoms with van der Waals surface area (Å²) in [5.74, 6) is 0.939. The SMILES string of the molecule is N#Cc1cc(Cl)ccc1N1CCC(NCC2CC2)CC1. The fourth-order valence-electron chi connectivity index (χ4n) is 2.85. The Balaban J connectivity index is 1.58. The normalized spacial score (nSPS) is 19.9. The summed E-state index contributed by atoms with van der Waals surface area (Å²) < 4.78 is 0. The highest BCUT2D eigenvalue weighted by molar-refractivity contribution is 6.30. The van der Waals surface area contributed by atoms with Crippen LogP contribution in [0.3, 0.4) is 0 Å². The minimum absolute atomic E-state index is 0.631. The van der Waals surface area contributed by atoms with Crippen molar-refractivity contribution < 1.29 is 0 Å². The van der Waals surface area contributed by atoms with Gasteiger partial charge in [0.1, 0.15) is 6.07 Å². The number of nitrogens with one attached hydrogen (secondary N) is 1. The van der Waals surface area contributed by atoms with Crippen molar-refractivity contribution >= 4 is 17.3 Å². The average Bonchev–Trinajstić information content (AvgIpc) is 3.30. The first-order valence-corrected chi connectivity index (χ1v) is 7.82. The van der Waals surface area contributed by atoms with E-state index in [1.165, 1.54) is 19.4 Å². The van der Waals surface area contributed by atoms with E-state index >= 15 is 0 Å². The number of hydrogen-bond donors (Lipinski definition) is 1. The molecule has 0 atom stereocenters. The Kier molecular flexibility index (Phi) is 4.14. The number of halogens is 1. The van der Waals surface area contributed by atoms with Crippen molar-refractivity contribution in [1.82, 2.24) is 5.32 Å². The topological polar surface area (TPSA) is 39.1 Å². The Labute approximate surface area is 125 Å². The molecule has 1 aliphatic carbocycles. The molecule has 0 spiro atoms. The van der Waals surface area contributed by atoms with E-state index in [-0.39, 0.29) is 0 Å². The van der Waals surface area contributed by atoms with Gasteiger partial charge in [0.25, 0.3) is 0 Å². The number of nitrogens with zero attached hydrogens (tertiary/aromatic N) is 2. The van der Waals surface area contributed by atoms with Gasteiger partial charge in [0.2, 0.25) is 0 Å². The van der Waals surface area contributed by atoms with Crippen LogP contribution in [0.4, 0.5) is 5.69 Å². The van der Waals surface area contributed by atoms with Crippen LogP contribution in [-0.2, 0) is 0 Å². The molecule has 0 amide bonds. The lowest BCUT2D eigenvalue weighted by molar-refractivity contribution is 0.409. The Morgan fingerprint density at radius 3 is 2.65 bits per heavy atom. The first-order valence-electron chi connectivity index (χ1n) is 7.44. The molecule has 2 aliphatic rings. The minimum Gasteiger partial charge on any atom is -0.370 e. The summed E-state index contributed by atoms with van der Waals surface area (Å²) in [5, 5.41) is 13.5. The maximum absolute atomic E-state index is 9.23. The fourth-order valence-corrected chi connectivity index (χ4v) is 3.03. The lowest BCUT2D eigenvalue weighted by atomic mass is 10.0. The Bertz CT molecular complexity index is 511. The van der Waals surface area contributed by atoms with Crippen molar-refractivity contribution in [2.24, 2.45) is 5.92 Å². The van der Waals surface area contributed by atoms with Crippen molar-refractivity contribution in [2.75, 3.05) is 24.5 Å². The van der Waals surface area contributed by atoms with Crippen molar-refractivity contribution in [1.29, 1.82) is 5.26 Å². The fraction of sp³-hybridized carbons (Fsp3) is 0.562. The molecule has 20 heavy (non-hydrogen) atoms. The smallest absolute Gasteiger partial charge is 0.101 e. The molecule has 1 aliphatic heterocycles. The van der Waals surface area contributed by atoms with Crippen LogP contribution in [0.25, 0.3) is 0 Å². The first kappa shape index (κ1) is 13.7. The van der Waals surface area contributed by atoms with E-state index in [1.807, 2.05) is 12.1 Å². The molecule has 0 bridgehead atoms. The van der Waals surface area contributed by atoms with Gasteiger partial charge in [0.15, 0.2) is 0 Å². The molecule has 1 heterocycles. The van der Waals surface area contributed by atoms with E-state index in [1.54, 1.807) is 6.07 Å². The van der Waals surface area contributed by atoms with Crippen LogP contribution in [0, 0.1) is 17.2 Å². The number of anilines is 1. The number of rotatable bonds is 4. The summed E-state index contributed by atoms with van der Waals surface area (Å²) in [6.07, 6.45) is 5.12. The summed E-state index contributed by atoms with van der Waals surface area (Å²) in [5.41, 5.74) is 1.71. The van der Waals surface area contributed by atoms with Crippen molar-refractivity contribution in [3.63, 3.8) is 0 Å². The van der Waals surface area contributed by atoms with Crippen molar-refractivity contribution in [3.05, 3.63) is 28.8 Å². The molecule has 3 rings (SSSR count). The quantitative estimate of drug-likeness (QED) is 0.925. The summed E-state index contributed by atoms with van der Waals surface area (Å²) in [7, 11) is 0. The van der Waals surface area contributed by atoms with Gasteiger partial charge in [-0.3, -0.25) is 0 Å². The Morgan fingerprint density at radius 1 is 1.25 bits per heavy atom. The van der Waals surface area contributed by atoms with E-state index < -0.39 is 0 Å². The molecule has 0 radical (unpaired) electrons. The van der Waals surface area contributed by atoms with Crippen LogP contribution in [0.15, 0.2) is 18.2 Å². The van der Waals surface area contributed by atoms with Gasteiger partial charge in [0.05, 0.1) is 11.3 Å². The van der Waals surface area contributed by atoms with Crippen LogP contribution in [-0.4, -0.2) is 25.7 Å². The zero-order valence-corrected chi connectivity index (χ0v) is 12.4. The number of benzene rings is 1. The molecule has 1 aromatic rings. The van der Waals surface area contributed by atoms with E-state index in [4.69, 9.17) is 11.6 Å².